The maximum absolute atomic E-state index is 11.8. The van der Waals surface area contributed by atoms with E-state index >= 15 is 0 Å². The van der Waals surface area contributed by atoms with Gasteiger partial charge in [-0.25, -0.2) is 4.79 Å². The average molecular weight is 275 g/mol. The Hall–Kier alpha value is -1.07. The number of hydrogen-bond acceptors (Lipinski definition) is 3. The van der Waals surface area contributed by atoms with E-state index in [2.05, 4.69) is 4.98 Å². The average Bonchev–Trinajstić information content (AvgIpc) is 2.29. The fourth-order valence-corrected chi connectivity index (χ4v) is 1.70. The number of halogens is 1. The van der Waals surface area contributed by atoms with E-state index in [1.807, 2.05) is 13.8 Å². The highest BCUT2D eigenvalue weighted by molar-refractivity contribution is 6.30. The molecule has 1 heterocycles. The molecule has 0 aliphatic heterocycles. The van der Waals surface area contributed by atoms with Crippen molar-refractivity contribution in [3.8, 4) is 0 Å². The Kier molecular flexibility index (Phi) is 5.62. The van der Waals surface area contributed by atoms with Gasteiger partial charge in [0.25, 0.3) is 5.56 Å². The molecule has 18 heavy (non-hydrogen) atoms. The van der Waals surface area contributed by atoms with Crippen LogP contribution < -0.4 is 11.2 Å². The van der Waals surface area contributed by atoms with Crippen molar-refractivity contribution in [3.05, 3.63) is 31.6 Å². The highest BCUT2D eigenvalue weighted by Gasteiger charge is 2.08. The Balaban J connectivity index is 2.61. The minimum Gasteiger partial charge on any atom is -0.379 e. The molecular formula is C12H19ClN2O3. The van der Waals surface area contributed by atoms with E-state index in [1.165, 1.54) is 4.57 Å². The van der Waals surface area contributed by atoms with E-state index < -0.39 is 5.69 Å². The molecule has 0 bridgehead atoms. The van der Waals surface area contributed by atoms with Gasteiger partial charge in [0.2, 0.25) is 0 Å². The molecule has 0 radical (unpaired) electrons. The fraction of sp³-hybridized carbons (Fsp3) is 0.667. The first-order chi connectivity index (χ1) is 8.43. The van der Waals surface area contributed by atoms with E-state index in [0.29, 0.717) is 18.7 Å². The summed E-state index contributed by atoms with van der Waals surface area (Å²) in [5.41, 5.74) is -0.413. The lowest BCUT2D eigenvalue weighted by Gasteiger charge is -2.08. The Morgan fingerprint density at radius 1 is 1.33 bits per heavy atom. The number of rotatable bonds is 6. The van der Waals surface area contributed by atoms with Crippen LogP contribution in [0.5, 0.6) is 0 Å². The molecule has 0 spiro atoms. The van der Waals surface area contributed by atoms with Crippen LogP contribution in [0.1, 0.15) is 32.3 Å². The van der Waals surface area contributed by atoms with Crippen LogP contribution in [0, 0.1) is 6.92 Å². The molecule has 0 atom stereocenters. The number of ether oxygens (including phenoxy) is 1. The number of aromatic amines is 1. The lowest BCUT2D eigenvalue weighted by molar-refractivity contribution is 0.0753. The highest BCUT2D eigenvalue weighted by atomic mass is 35.5. The van der Waals surface area contributed by atoms with Gasteiger partial charge in [0.1, 0.15) is 5.15 Å². The first-order valence-corrected chi connectivity index (χ1v) is 6.42. The number of aromatic nitrogens is 2. The van der Waals surface area contributed by atoms with Gasteiger partial charge in [-0.15, -0.1) is 0 Å². The standard InChI is InChI=1S/C12H19ClN2O3/c1-8(2)18-7-5-4-6-15-11(16)9(3)10(13)14-12(15)17/h8H,4-7H2,1-3H3,(H,14,17). The van der Waals surface area contributed by atoms with Crippen molar-refractivity contribution in [2.24, 2.45) is 0 Å². The Morgan fingerprint density at radius 2 is 2.00 bits per heavy atom. The third-order valence-corrected chi connectivity index (χ3v) is 2.96. The summed E-state index contributed by atoms with van der Waals surface area (Å²) in [6.07, 6.45) is 1.73. The van der Waals surface area contributed by atoms with Crippen molar-refractivity contribution in [2.75, 3.05) is 6.61 Å². The van der Waals surface area contributed by atoms with Crippen molar-refractivity contribution in [1.29, 1.82) is 0 Å². The van der Waals surface area contributed by atoms with Crippen molar-refractivity contribution in [1.82, 2.24) is 9.55 Å². The summed E-state index contributed by atoms with van der Waals surface area (Å²) in [5.74, 6) is 0. The Labute approximate surface area is 111 Å². The van der Waals surface area contributed by atoms with Crippen LogP contribution in [0.3, 0.4) is 0 Å². The predicted molar refractivity (Wildman–Crippen MR) is 71.4 cm³/mol. The number of nitrogens with one attached hydrogen (secondary N) is 1. The zero-order chi connectivity index (χ0) is 13.7. The molecule has 1 N–H and O–H groups in total. The maximum Gasteiger partial charge on any atom is 0.329 e. The van der Waals surface area contributed by atoms with Gasteiger partial charge < -0.3 is 4.74 Å². The van der Waals surface area contributed by atoms with Crippen molar-refractivity contribution >= 4 is 11.6 Å². The van der Waals surface area contributed by atoms with E-state index in [4.69, 9.17) is 16.3 Å². The third kappa shape index (κ3) is 3.99. The zero-order valence-corrected chi connectivity index (χ0v) is 11.7. The lowest BCUT2D eigenvalue weighted by Crippen LogP contribution is -2.36. The second kappa shape index (κ2) is 6.75. The van der Waals surface area contributed by atoms with Gasteiger partial charge in [0.05, 0.1) is 6.10 Å². The Morgan fingerprint density at radius 3 is 2.61 bits per heavy atom. The van der Waals surface area contributed by atoms with E-state index in [1.54, 1.807) is 6.92 Å². The second-order valence-corrected chi connectivity index (χ2v) is 4.83. The molecule has 0 fully saturated rings. The second-order valence-electron chi connectivity index (χ2n) is 4.45. The van der Waals surface area contributed by atoms with Gasteiger partial charge in [0.15, 0.2) is 0 Å². The summed E-state index contributed by atoms with van der Waals surface area (Å²) in [5, 5.41) is 0.115. The quantitative estimate of drug-likeness (QED) is 0.634. The molecule has 0 amide bonds. The summed E-state index contributed by atoms with van der Waals surface area (Å²) >= 11 is 5.72. The highest BCUT2D eigenvalue weighted by Crippen LogP contribution is 2.03. The molecular weight excluding hydrogens is 256 g/mol. The molecule has 1 rings (SSSR count). The first-order valence-electron chi connectivity index (χ1n) is 6.04. The van der Waals surface area contributed by atoms with E-state index in [-0.39, 0.29) is 16.8 Å². The fourth-order valence-electron chi connectivity index (χ4n) is 1.54. The van der Waals surface area contributed by atoms with Gasteiger partial charge in [-0.05, 0) is 33.6 Å². The molecule has 1 aromatic rings. The van der Waals surface area contributed by atoms with Crippen LogP contribution in [-0.4, -0.2) is 22.3 Å². The van der Waals surface area contributed by atoms with Crippen LogP contribution >= 0.6 is 11.6 Å². The third-order valence-electron chi connectivity index (χ3n) is 2.58. The zero-order valence-electron chi connectivity index (χ0n) is 11.0. The molecule has 0 unspecified atom stereocenters. The molecule has 102 valence electrons. The van der Waals surface area contributed by atoms with E-state index in [0.717, 1.165) is 12.8 Å². The van der Waals surface area contributed by atoms with Crippen molar-refractivity contribution in [3.63, 3.8) is 0 Å². The van der Waals surface area contributed by atoms with Crippen LogP contribution in [-0.2, 0) is 11.3 Å². The summed E-state index contributed by atoms with van der Waals surface area (Å²) < 4.78 is 6.57. The van der Waals surface area contributed by atoms with Crippen LogP contribution in [0.15, 0.2) is 9.59 Å². The van der Waals surface area contributed by atoms with Gasteiger partial charge >= 0.3 is 5.69 Å². The molecule has 0 saturated carbocycles. The number of unbranched alkanes of at least 4 members (excludes halogenated alkanes) is 1. The van der Waals surface area contributed by atoms with Crippen LogP contribution in [0.4, 0.5) is 0 Å². The van der Waals surface area contributed by atoms with E-state index in [9.17, 15) is 9.59 Å². The van der Waals surface area contributed by atoms with Crippen molar-refractivity contribution in [2.45, 2.75) is 46.3 Å². The molecule has 0 aromatic carbocycles. The predicted octanol–water partition coefficient (Wildman–Crippen LogP) is 1.70. The van der Waals surface area contributed by atoms with Gasteiger partial charge in [-0.2, -0.15) is 0 Å². The van der Waals surface area contributed by atoms with Crippen LogP contribution in [0.25, 0.3) is 0 Å². The molecule has 0 aliphatic rings. The summed E-state index contributed by atoms with van der Waals surface area (Å²) in [6, 6.07) is 0. The molecule has 1 aromatic heterocycles. The smallest absolute Gasteiger partial charge is 0.329 e. The normalized spacial score (nSPS) is 11.2. The summed E-state index contributed by atoms with van der Waals surface area (Å²) in [6.45, 7) is 6.55. The molecule has 0 saturated heterocycles. The molecule has 6 heteroatoms. The molecule has 0 aliphatic carbocycles. The summed E-state index contributed by atoms with van der Waals surface area (Å²) in [7, 11) is 0. The number of nitrogens with zero attached hydrogens (tertiary/aromatic N) is 1. The number of hydrogen-bond donors (Lipinski definition) is 1. The summed E-state index contributed by atoms with van der Waals surface area (Å²) in [4.78, 5) is 25.8. The maximum atomic E-state index is 11.8. The SMILES string of the molecule is Cc1c(Cl)[nH]c(=O)n(CCCCOC(C)C)c1=O. The first kappa shape index (κ1) is 15.0. The largest absolute Gasteiger partial charge is 0.379 e. The number of H-pyrrole nitrogens is 1. The van der Waals surface area contributed by atoms with Gasteiger partial charge in [-0.3, -0.25) is 14.3 Å². The van der Waals surface area contributed by atoms with Gasteiger partial charge in [-0.1, -0.05) is 11.6 Å². The topological polar surface area (TPSA) is 64.1 Å². The molecule has 5 nitrogen and oxygen atoms in total. The minimum absolute atomic E-state index is 0.115. The lowest BCUT2D eigenvalue weighted by atomic mass is 10.3. The Bertz CT molecular complexity index is 505. The van der Waals surface area contributed by atoms with Crippen LogP contribution in [0.2, 0.25) is 5.15 Å². The monoisotopic (exact) mass is 274 g/mol. The minimum atomic E-state index is -0.458. The van der Waals surface area contributed by atoms with Gasteiger partial charge in [0, 0.05) is 18.7 Å². The van der Waals surface area contributed by atoms with Crippen molar-refractivity contribution < 1.29 is 4.74 Å².